The van der Waals surface area contributed by atoms with Gasteiger partial charge in [0.05, 0.1) is 12.5 Å². The molecule has 25 heteroatoms. The van der Waals surface area contributed by atoms with Crippen molar-refractivity contribution in [1.82, 2.24) is 30.4 Å². The zero-order valence-corrected chi connectivity index (χ0v) is 39.4. The number of allylic oxidation sites excluding steroid dienone is 2. The minimum Gasteiger partial charge on any atom is -0.480 e. The number of carbonyl (C=O) groups excluding carboxylic acids is 6. The van der Waals surface area contributed by atoms with Gasteiger partial charge in [0.1, 0.15) is 48.8 Å². The number of fused-ring (bicyclic) bond motifs is 2. The molecule has 4 amide bonds. The standard InChI is InChI=1S/C18H26N4O6S.C18H28N4O6S.C4H4O2.C4H4O/c19-12(17(25)26)4-5-15(23)20-14-10-29-11-6-8-22(9-11)7-2-1-3-13(18(27)28)21-16(14)24;19-12(17(25)26)6-7-15(23)20-14(11-29)16(24)21-13(18(27)28)5-1-2-8-22-9-3-4-10-22;5-3-1-2-4-6;1-2-4-5-3-1/h6,8-9,12-14H,1-5,7,10,19H2,(H,20,23)(H,21,24)(H,25,26)(H,27,28);3-4,9-10,12-14,29H,1-2,5-8,11,19H2,(H,20,23)(H,21,24)(H,25,26)(H,27,28);1-4H;1-4H/b;;2-1-;. The minimum atomic E-state index is -1.22. The molecule has 6 atom stereocenters. The Hall–Kier alpha value is -6.70. The molecule has 23 nitrogen and oxygen atoms in total. The number of unbranched alkanes of at least 4 members (excludes halogenated alkanes) is 1. The van der Waals surface area contributed by atoms with Crippen LogP contribution in [-0.4, -0.2) is 137 Å². The second kappa shape index (κ2) is 35.4. The smallest absolute Gasteiger partial charge is 0.326 e. The lowest BCUT2D eigenvalue weighted by atomic mass is 10.1. The molecule has 0 radical (unpaired) electrons. The van der Waals surface area contributed by atoms with Crippen LogP contribution in [0.5, 0.6) is 0 Å². The molecule has 0 aliphatic carbocycles. The Kier molecular flexibility index (Phi) is 31.0. The molecule has 4 rings (SSSR count). The largest absolute Gasteiger partial charge is 0.480 e. The van der Waals surface area contributed by atoms with E-state index in [4.69, 9.17) is 21.7 Å². The van der Waals surface area contributed by atoms with Gasteiger partial charge >= 0.3 is 23.9 Å². The van der Waals surface area contributed by atoms with Crippen molar-refractivity contribution in [3.63, 3.8) is 0 Å². The number of aryl methyl sites for hydroxylation is 2. The lowest BCUT2D eigenvalue weighted by Crippen LogP contribution is -2.52. The van der Waals surface area contributed by atoms with Gasteiger partial charge in [-0.25, -0.2) is 9.59 Å². The van der Waals surface area contributed by atoms with Crippen LogP contribution in [0.4, 0.5) is 0 Å². The molecule has 380 valence electrons. The van der Waals surface area contributed by atoms with E-state index in [0.717, 1.165) is 43.0 Å². The molecule has 0 aromatic carbocycles. The van der Waals surface area contributed by atoms with E-state index in [1.165, 1.54) is 11.8 Å². The Morgan fingerprint density at radius 3 is 1.94 bits per heavy atom. The summed E-state index contributed by atoms with van der Waals surface area (Å²) in [6.07, 6.45) is 17.1. The molecule has 1 aliphatic rings. The number of aromatic nitrogens is 2. The number of aldehydes is 2. The number of hydrogen-bond donors (Lipinski definition) is 11. The number of carboxylic acid groups (broad SMARTS) is 4. The number of carboxylic acids is 4. The number of amides is 4. The van der Waals surface area contributed by atoms with Crippen molar-refractivity contribution in [2.75, 3.05) is 11.5 Å². The molecule has 0 fully saturated rings. The molecule has 2 bridgehead atoms. The number of thioether (sulfide) groups is 1. The van der Waals surface area contributed by atoms with Gasteiger partial charge in [-0.3, -0.25) is 38.4 Å². The van der Waals surface area contributed by atoms with Crippen molar-refractivity contribution in [1.29, 1.82) is 0 Å². The lowest BCUT2D eigenvalue weighted by molar-refractivity contribution is -0.142. The van der Waals surface area contributed by atoms with E-state index in [1.54, 1.807) is 12.5 Å². The van der Waals surface area contributed by atoms with Crippen molar-refractivity contribution in [2.45, 2.75) is 118 Å². The van der Waals surface area contributed by atoms with Crippen LogP contribution in [0.2, 0.25) is 0 Å². The van der Waals surface area contributed by atoms with Gasteiger partial charge in [-0.05, 0) is 93.9 Å². The first-order chi connectivity index (χ1) is 32.9. The Labute approximate surface area is 407 Å². The summed E-state index contributed by atoms with van der Waals surface area (Å²) >= 11 is 5.39. The summed E-state index contributed by atoms with van der Waals surface area (Å²) in [7, 11) is 0. The number of carbonyl (C=O) groups is 10. The van der Waals surface area contributed by atoms with Crippen molar-refractivity contribution < 1.29 is 72.8 Å². The summed E-state index contributed by atoms with van der Waals surface area (Å²) in [4.78, 5) is 113. The average molecular weight is 1010 g/mol. The van der Waals surface area contributed by atoms with Crippen LogP contribution in [0, 0.1) is 0 Å². The number of furan rings is 1. The molecule has 3 aromatic rings. The minimum absolute atomic E-state index is 0.0392. The van der Waals surface area contributed by atoms with Crippen LogP contribution in [0.15, 0.2) is 89.1 Å². The van der Waals surface area contributed by atoms with Crippen LogP contribution in [-0.2, 0) is 61.0 Å². The van der Waals surface area contributed by atoms with Crippen LogP contribution >= 0.6 is 24.4 Å². The summed E-state index contributed by atoms with van der Waals surface area (Å²) in [5.74, 6) is -6.86. The van der Waals surface area contributed by atoms with Gasteiger partial charge in [0.2, 0.25) is 23.6 Å². The highest BCUT2D eigenvalue weighted by atomic mass is 32.2. The Bertz CT molecular complexity index is 2040. The van der Waals surface area contributed by atoms with E-state index in [2.05, 4.69) is 38.3 Å². The highest BCUT2D eigenvalue weighted by Crippen LogP contribution is 2.21. The average Bonchev–Trinajstić information content (AvgIpc) is 4.15. The van der Waals surface area contributed by atoms with E-state index in [0.29, 0.717) is 25.4 Å². The quantitative estimate of drug-likeness (QED) is 0.0290. The number of rotatable bonds is 22. The van der Waals surface area contributed by atoms with Gasteiger partial charge in [0, 0.05) is 67.1 Å². The monoisotopic (exact) mass is 1010 g/mol. The van der Waals surface area contributed by atoms with E-state index >= 15 is 0 Å². The van der Waals surface area contributed by atoms with E-state index < -0.39 is 83.8 Å². The Balaban J connectivity index is 0.000000563. The number of nitrogens with two attached hydrogens (primary N) is 2. The third-order valence-corrected chi connectivity index (χ3v) is 11.0. The van der Waals surface area contributed by atoms with Crippen LogP contribution < -0.4 is 32.7 Å². The number of nitrogens with zero attached hydrogens (tertiary/aromatic N) is 2. The second-order valence-corrected chi connectivity index (χ2v) is 16.4. The number of hydrogen-bond acceptors (Lipinski definition) is 15. The second-order valence-electron chi connectivity index (χ2n) is 14.9. The first kappa shape index (κ1) is 60.3. The van der Waals surface area contributed by atoms with Crippen molar-refractivity contribution in [3.05, 3.63) is 79.8 Å². The highest BCUT2D eigenvalue weighted by molar-refractivity contribution is 7.99. The Morgan fingerprint density at radius 1 is 0.812 bits per heavy atom. The van der Waals surface area contributed by atoms with Gasteiger partial charge < -0.3 is 66.7 Å². The molecular weight excluding hydrogens is 945 g/mol. The molecule has 0 saturated carbocycles. The third kappa shape index (κ3) is 27.6. The van der Waals surface area contributed by atoms with Gasteiger partial charge in [0.15, 0.2) is 0 Å². The summed E-state index contributed by atoms with van der Waals surface area (Å²) in [6.45, 7) is 1.51. The van der Waals surface area contributed by atoms with E-state index in [1.807, 2.05) is 64.3 Å². The van der Waals surface area contributed by atoms with Gasteiger partial charge in [-0.1, -0.05) is 0 Å². The normalized spacial score (nSPS) is 16.2. The van der Waals surface area contributed by atoms with Crippen molar-refractivity contribution >= 4 is 84.5 Å². The molecule has 3 aromatic heterocycles. The topological polar surface area (TPSA) is 375 Å². The molecular formula is C44H62N8O15S2. The van der Waals surface area contributed by atoms with Crippen LogP contribution in [0.25, 0.3) is 0 Å². The summed E-state index contributed by atoms with van der Waals surface area (Å²) in [5.41, 5.74) is 10.7. The Morgan fingerprint density at radius 2 is 1.42 bits per heavy atom. The fraction of sp³-hybridized carbons (Fsp3) is 0.455. The number of aliphatic carboxylic acids is 4. The zero-order valence-electron chi connectivity index (χ0n) is 37.7. The molecule has 0 saturated heterocycles. The van der Waals surface area contributed by atoms with E-state index in [-0.39, 0.29) is 50.0 Å². The fourth-order valence-electron chi connectivity index (χ4n) is 5.73. The maximum atomic E-state index is 12.6. The SMILES string of the molecule is NC(CCC(=O)NC(CS)C(=O)NC(CCCCn1cccc1)C(=O)O)C(=O)O.NC(CCC(=O)NC1CSc2ccn(c2)CCCCC(C(=O)O)NC1=O)C(=O)O.O=C/C=C\C=O.c1ccoc1. The van der Waals surface area contributed by atoms with Gasteiger partial charge in [-0.2, -0.15) is 12.6 Å². The lowest BCUT2D eigenvalue weighted by Gasteiger charge is -2.21. The van der Waals surface area contributed by atoms with Crippen molar-refractivity contribution in [3.8, 4) is 0 Å². The molecule has 69 heavy (non-hydrogen) atoms. The summed E-state index contributed by atoms with van der Waals surface area (Å²) in [5, 5.41) is 46.2. The number of nitrogens with one attached hydrogen (secondary N) is 4. The van der Waals surface area contributed by atoms with Crippen molar-refractivity contribution in [2.24, 2.45) is 11.5 Å². The third-order valence-electron chi connectivity index (χ3n) is 9.53. The first-order valence-electron chi connectivity index (χ1n) is 21.6. The predicted octanol–water partition coefficient (Wildman–Crippen LogP) is 1.06. The molecule has 6 unspecified atom stereocenters. The molecule has 4 heterocycles. The predicted molar refractivity (Wildman–Crippen MR) is 254 cm³/mol. The maximum Gasteiger partial charge on any atom is 0.326 e. The summed E-state index contributed by atoms with van der Waals surface area (Å²) < 4.78 is 8.57. The van der Waals surface area contributed by atoms with Crippen LogP contribution in [0.1, 0.15) is 64.2 Å². The van der Waals surface area contributed by atoms with Crippen LogP contribution in [0.3, 0.4) is 0 Å². The maximum absolute atomic E-state index is 12.6. The van der Waals surface area contributed by atoms with E-state index in [9.17, 15) is 58.2 Å². The molecule has 12 N–H and O–H groups in total. The number of thiol groups is 1. The summed E-state index contributed by atoms with van der Waals surface area (Å²) in [6, 6.07) is 2.95. The zero-order chi connectivity index (χ0) is 51.6. The fourth-order valence-corrected chi connectivity index (χ4v) is 6.95. The molecule has 0 spiro atoms. The molecule has 1 aliphatic heterocycles. The van der Waals surface area contributed by atoms with Gasteiger partial charge in [-0.15, -0.1) is 11.8 Å². The van der Waals surface area contributed by atoms with Gasteiger partial charge in [0.25, 0.3) is 0 Å². The first-order valence-corrected chi connectivity index (χ1v) is 23.2. The highest BCUT2D eigenvalue weighted by Gasteiger charge is 2.28.